The van der Waals surface area contributed by atoms with Crippen molar-refractivity contribution in [1.82, 2.24) is 15.1 Å². The number of pyridine rings is 1. The van der Waals surface area contributed by atoms with Gasteiger partial charge in [-0.2, -0.15) is 4.98 Å². The standard InChI is InChI=1S/C10H10FN3O2/c1-6-13-10(14-16-6)9-3-7(5-15-2)8(11)4-12-9/h3-4H,5H2,1-2H3. The Morgan fingerprint density at radius 2 is 2.31 bits per heavy atom. The Balaban J connectivity index is 2.39. The van der Waals surface area contributed by atoms with Crippen molar-refractivity contribution in [2.75, 3.05) is 7.11 Å². The highest BCUT2D eigenvalue weighted by Gasteiger charge is 2.10. The fourth-order valence-corrected chi connectivity index (χ4v) is 1.27. The van der Waals surface area contributed by atoms with E-state index in [9.17, 15) is 4.39 Å². The van der Waals surface area contributed by atoms with Crippen molar-refractivity contribution in [2.45, 2.75) is 13.5 Å². The van der Waals surface area contributed by atoms with Crippen LogP contribution in [-0.4, -0.2) is 22.2 Å². The number of aryl methyl sites for hydroxylation is 1. The second-order valence-electron chi connectivity index (χ2n) is 3.23. The van der Waals surface area contributed by atoms with Gasteiger partial charge in [-0.3, -0.25) is 0 Å². The predicted molar refractivity (Wildman–Crippen MR) is 52.9 cm³/mol. The molecule has 84 valence electrons. The summed E-state index contributed by atoms with van der Waals surface area (Å²) in [5, 5.41) is 3.71. The molecule has 0 unspecified atom stereocenters. The van der Waals surface area contributed by atoms with Gasteiger partial charge in [0.05, 0.1) is 12.8 Å². The first kappa shape index (κ1) is 10.7. The predicted octanol–water partition coefficient (Wildman–Crippen LogP) is 1.73. The zero-order valence-corrected chi connectivity index (χ0v) is 8.90. The third kappa shape index (κ3) is 2.06. The zero-order valence-electron chi connectivity index (χ0n) is 8.90. The van der Waals surface area contributed by atoms with Gasteiger partial charge in [0.25, 0.3) is 0 Å². The van der Waals surface area contributed by atoms with Crippen molar-refractivity contribution in [3.8, 4) is 11.5 Å². The number of rotatable bonds is 3. The van der Waals surface area contributed by atoms with Gasteiger partial charge in [-0.1, -0.05) is 5.16 Å². The van der Waals surface area contributed by atoms with E-state index in [0.717, 1.165) is 6.20 Å². The molecule has 16 heavy (non-hydrogen) atoms. The van der Waals surface area contributed by atoms with Crippen LogP contribution in [0.15, 0.2) is 16.8 Å². The van der Waals surface area contributed by atoms with Crippen LogP contribution >= 0.6 is 0 Å². The normalized spacial score (nSPS) is 10.7. The molecule has 0 aliphatic heterocycles. The summed E-state index contributed by atoms with van der Waals surface area (Å²) >= 11 is 0. The van der Waals surface area contributed by atoms with E-state index in [-0.39, 0.29) is 6.61 Å². The van der Waals surface area contributed by atoms with Gasteiger partial charge in [0.1, 0.15) is 11.5 Å². The van der Waals surface area contributed by atoms with E-state index in [2.05, 4.69) is 15.1 Å². The first-order valence-electron chi connectivity index (χ1n) is 4.64. The molecule has 0 bridgehead atoms. The van der Waals surface area contributed by atoms with Crippen LogP contribution in [0.1, 0.15) is 11.5 Å². The molecule has 0 N–H and O–H groups in total. The van der Waals surface area contributed by atoms with Crippen molar-refractivity contribution in [3.05, 3.63) is 29.5 Å². The highest BCUT2D eigenvalue weighted by molar-refractivity contribution is 5.49. The lowest BCUT2D eigenvalue weighted by atomic mass is 10.2. The third-order valence-electron chi connectivity index (χ3n) is 1.99. The van der Waals surface area contributed by atoms with Crippen LogP contribution in [0.5, 0.6) is 0 Å². The van der Waals surface area contributed by atoms with E-state index in [1.165, 1.54) is 7.11 Å². The van der Waals surface area contributed by atoms with Gasteiger partial charge in [-0.25, -0.2) is 9.37 Å². The highest BCUT2D eigenvalue weighted by Crippen LogP contribution is 2.17. The quantitative estimate of drug-likeness (QED) is 0.792. The molecule has 2 rings (SSSR count). The second kappa shape index (κ2) is 4.36. The summed E-state index contributed by atoms with van der Waals surface area (Å²) in [5.74, 6) is 0.370. The van der Waals surface area contributed by atoms with E-state index >= 15 is 0 Å². The molecule has 0 spiro atoms. The Labute approximate surface area is 91.3 Å². The SMILES string of the molecule is COCc1cc(-c2noc(C)n2)ncc1F. The van der Waals surface area contributed by atoms with Crippen molar-refractivity contribution in [1.29, 1.82) is 0 Å². The van der Waals surface area contributed by atoms with E-state index in [0.29, 0.717) is 23.0 Å². The molecule has 0 radical (unpaired) electrons. The fraction of sp³-hybridized carbons (Fsp3) is 0.300. The minimum atomic E-state index is -0.411. The molecule has 5 nitrogen and oxygen atoms in total. The maximum absolute atomic E-state index is 13.3. The Bertz CT molecular complexity index is 499. The fourth-order valence-electron chi connectivity index (χ4n) is 1.27. The molecular weight excluding hydrogens is 213 g/mol. The first-order valence-corrected chi connectivity index (χ1v) is 4.64. The number of hydrogen-bond donors (Lipinski definition) is 0. The zero-order chi connectivity index (χ0) is 11.5. The number of ether oxygens (including phenoxy) is 1. The molecule has 0 aliphatic carbocycles. The average molecular weight is 223 g/mol. The summed E-state index contributed by atoms with van der Waals surface area (Å²) in [5.41, 5.74) is 0.875. The Hall–Kier alpha value is -1.82. The molecule has 0 atom stereocenters. The monoisotopic (exact) mass is 223 g/mol. The second-order valence-corrected chi connectivity index (χ2v) is 3.23. The summed E-state index contributed by atoms with van der Waals surface area (Å²) in [6, 6.07) is 1.54. The third-order valence-corrected chi connectivity index (χ3v) is 1.99. The van der Waals surface area contributed by atoms with E-state index in [1.54, 1.807) is 13.0 Å². The molecule has 2 heterocycles. The molecule has 0 saturated carbocycles. The Kier molecular flexibility index (Phi) is 2.91. The lowest BCUT2D eigenvalue weighted by Crippen LogP contribution is -1.96. The highest BCUT2D eigenvalue weighted by atomic mass is 19.1. The van der Waals surface area contributed by atoms with Gasteiger partial charge in [-0.15, -0.1) is 0 Å². The van der Waals surface area contributed by atoms with Crippen LogP contribution in [0, 0.1) is 12.7 Å². The van der Waals surface area contributed by atoms with E-state index < -0.39 is 5.82 Å². The lowest BCUT2D eigenvalue weighted by Gasteiger charge is -2.02. The van der Waals surface area contributed by atoms with Gasteiger partial charge < -0.3 is 9.26 Å². The molecule has 2 aromatic heterocycles. The van der Waals surface area contributed by atoms with Crippen LogP contribution in [-0.2, 0) is 11.3 Å². The van der Waals surface area contributed by atoms with Crippen LogP contribution in [0.4, 0.5) is 4.39 Å². The number of halogens is 1. The molecule has 0 aliphatic rings. The summed E-state index contributed by atoms with van der Waals surface area (Å²) in [6.45, 7) is 1.86. The number of hydrogen-bond acceptors (Lipinski definition) is 5. The summed E-state index contributed by atoms with van der Waals surface area (Å²) in [7, 11) is 1.50. The summed E-state index contributed by atoms with van der Waals surface area (Å²) in [4.78, 5) is 7.90. The van der Waals surface area contributed by atoms with Crippen LogP contribution < -0.4 is 0 Å². The van der Waals surface area contributed by atoms with Gasteiger partial charge >= 0.3 is 0 Å². The van der Waals surface area contributed by atoms with Gasteiger partial charge in [0.2, 0.25) is 11.7 Å². The number of methoxy groups -OCH3 is 1. The first-order chi connectivity index (χ1) is 7.70. The van der Waals surface area contributed by atoms with Crippen LogP contribution in [0.2, 0.25) is 0 Å². The van der Waals surface area contributed by atoms with Gasteiger partial charge in [0, 0.05) is 19.6 Å². The Morgan fingerprint density at radius 1 is 1.50 bits per heavy atom. The molecule has 2 aromatic rings. The maximum atomic E-state index is 13.3. The molecule has 0 amide bonds. The van der Waals surface area contributed by atoms with Crippen molar-refractivity contribution in [3.63, 3.8) is 0 Å². The average Bonchev–Trinajstić information content (AvgIpc) is 2.69. The summed E-state index contributed by atoms with van der Waals surface area (Å²) in [6.07, 6.45) is 1.12. The number of aromatic nitrogens is 3. The minimum absolute atomic E-state index is 0.179. The van der Waals surface area contributed by atoms with Crippen LogP contribution in [0.3, 0.4) is 0 Å². The number of nitrogens with zero attached hydrogens (tertiary/aromatic N) is 3. The van der Waals surface area contributed by atoms with Crippen LogP contribution in [0.25, 0.3) is 11.5 Å². The van der Waals surface area contributed by atoms with Gasteiger partial charge in [-0.05, 0) is 6.07 Å². The van der Waals surface area contributed by atoms with E-state index in [1.807, 2.05) is 0 Å². The minimum Gasteiger partial charge on any atom is -0.380 e. The molecule has 0 saturated heterocycles. The lowest BCUT2D eigenvalue weighted by molar-refractivity contribution is 0.181. The Morgan fingerprint density at radius 3 is 2.94 bits per heavy atom. The topological polar surface area (TPSA) is 61.0 Å². The molecule has 0 fully saturated rings. The van der Waals surface area contributed by atoms with Crippen molar-refractivity contribution >= 4 is 0 Å². The molecule has 0 aromatic carbocycles. The largest absolute Gasteiger partial charge is 0.380 e. The molecular formula is C10H10FN3O2. The van der Waals surface area contributed by atoms with Gasteiger partial charge in [0.15, 0.2) is 0 Å². The summed E-state index contributed by atoms with van der Waals surface area (Å²) < 4.78 is 23.0. The molecule has 6 heteroatoms. The van der Waals surface area contributed by atoms with Crippen molar-refractivity contribution < 1.29 is 13.7 Å². The maximum Gasteiger partial charge on any atom is 0.223 e. The van der Waals surface area contributed by atoms with Crippen molar-refractivity contribution in [2.24, 2.45) is 0 Å². The smallest absolute Gasteiger partial charge is 0.223 e. The van der Waals surface area contributed by atoms with E-state index in [4.69, 9.17) is 9.26 Å².